The predicted octanol–water partition coefficient (Wildman–Crippen LogP) is 2.93. The van der Waals surface area contributed by atoms with Crippen molar-refractivity contribution in [2.24, 2.45) is 11.8 Å². The Bertz CT molecular complexity index is 359. The van der Waals surface area contributed by atoms with E-state index in [1.54, 1.807) is 0 Å². The van der Waals surface area contributed by atoms with Crippen molar-refractivity contribution in [3.63, 3.8) is 0 Å². The summed E-state index contributed by atoms with van der Waals surface area (Å²) in [5, 5.41) is 3.56. The SMILES string of the molecule is CCc1ccc(CN2CC(C)CNCC(C)C2)cc1. The lowest BCUT2D eigenvalue weighted by Crippen LogP contribution is -2.42. The van der Waals surface area contributed by atoms with Crippen molar-refractivity contribution < 1.29 is 0 Å². The van der Waals surface area contributed by atoms with Crippen LogP contribution < -0.4 is 5.32 Å². The third-order valence-corrected chi connectivity index (χ3v) is 3.96. The number of nitrogens with zero attached hydrogens (tertiary/aromatic N) is 1. The van der Waals surface area contributed by atoms with E-state index in [4.69, 9.17) is 0 Å². The number of benzene rings is 1. The summed E-state index contributed by atoms with van der Waals surface area (Å²) in [5.41, 5.74) is 2.88. The van der Waals surface area contributed by atoms with Gasteiger partial charge in [0.05, 0.1) is 0 Å². The third-order valence-electron chi connectivity index (χ3n) is 3.96. The summed E-state index contributed by atoms with van der Waals surface area (Å²) < 4.78 is 0. The van der Waals surface area contributed by atoms with Crippen molar-refractivity contribution in [3.8, 4) is 0 Å². The Morgan fingerprint density at radius 2 is 1.53 bits per heavy atom. The Balaban J connectivity index is 1.97. The predicted molar refractivity (Wildman–Crippen MR) is 82.3 cm³/mol. The van der Waals surface area contributed by atoms with Crippen molar-refractivity contribution in [2.75, 3.05) is 26.2 Å². The van der Waals surface area contributed by atoms with E-state index in [1.165, 1.54) is 24.2 Å². The molecule has 1 N–H and O–H groups in total. The number of nitrogens with one attached hydrogen (secondary N) is 1. The van der Waals surface area contributed by atoms with Gasteiger partial charge in [-0.3, -0.25) is 4.90 Å². The first kappa shape index (κ1) is 14.5. The summed E-state index contributed by atoms with van der Waals surface area (Å²) in [6.45, 7) is 12.7. The molecule has 106 valence electrons. The van der Waals surface area contributed by atoms with Crippen LogP contribution in [0, 0.1) is 11.8 Å². The summed E-state index contributed by atoms with van der Waals surface area (Å²) in [4.78, 5) is 2.62. The molecule has 1 saturated heterocycles. The lowest BCUT2D eigenvalue weighted by Gasteiger charge is -2.31. The van der Waals surface area contributed by atoms with Crippen molar-refractivity contribution in [3.05, 3.63) is 35.4 Å². The van der Waals surface area contributed by atoms with Crippen LogP contribution in [-0.2, 0) is 13.0 Å². The Morgan fingerprint density at radius 1 is 1.00 bits per heavy atom. The van der Waals surface area contributed by atoms with E-state index >= 15 is 0 Å². The molecule has 1 aliphatic heterocycles. The molecule has 2 unspecified atom stereocenters. The van der Waals surface area contributed by atoms with Crippen LogP contribution in [0.2, 0.25) is 0 Å². The number of rotatable bonds is 3. The fraction of sp³-hybridized carbons (Fsp3) is 0.647. The highest BCUT2D eigenvalue weighted by atomic mass is 15.1. The van der Waals surface area contributed by atoms with E-state index < -0.39 is 0 Å². The van der Waals surface area contributed by atoms with Gasteiger partial charge in [0.2, 0.25) is 0 Å². The fourth-order valence-corrected chi connectivity index (χ4v) is 2.93. The molecule has 0 spiro atoms. The van der Waals surface area contributed by atoms with Crippen molar-refractivity contribution in [2.45, 2.75) is 33.7 Å². The smallest absolute Gasteiger partial charge is 0.0233 e. The molecule has 1 fully saturated rings. The second kappa shape index (κ2) is 7.06. The molecule has 2 nitrogen and oxygen atoms in total. The van der Waals surface area contributed by atoms with E-state index in [9.17, 15) is 0 Å². The Labute approximate surface area is 118 Å². The highest BCUT2D eigenvalue weighted by Crippen LogP contribution is 2.13. The van der Waals surface area contributed by atoms with Crippen LogP contribution in [0.1, 0.15) is 31.9 Å². The lowest BCUT2D eigenvalue weighted by atomic mass is 10.0. The fourth-order valence-electron chi connectivity index (χ4n) is 2.93. The van der Waals surface area contributed by atoms with E-state index in [2.05, 4.69) is 55.3 Å². The lowest BCUT2D eigenvalue weighted by molar-refractivity contribution is 0.178. The molecule has 0 aliphatic carbocycles. The monoisotopic (exact) mass is 260 g/mol. The molecule has 2 atom stereocenters. The van der Waals surface area contributed by atoms with Gasteiger partial charge in [0.15, 0.2) is 0 Å². The van der Waals surface area contributed by atoms with Gasteiger partial charge in [-0.05, 0) is 42.5 Å². The summed E-state index contributed by atoms with van der Waals surface area (Å²) in [5.74, 6) is 1.48. The van der Waals surface area contributed by atoms with Gasteiger partial charge in [-0.15, -0.1) is 0 Å². The molecule has 0 radical (unpaired) electrons. The van der Waals surface area contributed by atoms with Gasteiger partial charge in [-0.1, -0.05) is 45.0 Å². The van der Waals surface area contributed by atoms with Crippen molar-refractivity contribution in [1.29, 1.82) is 0 Å². The van der Waals surface area contributed by atoms with Gasteiger partial charge in [0.25, 0.3) is 0 Å². The Morgan fingerprint density at radius 3 is 2.05 bits per heavy atom. The van der Waals surface area contributed by atoms with E-state index in [0.717, 1.165) is 37.9 Å². The standard InChI is InChI=1S/C17H28N2/c1-4-16-5-7-17(8-6-16)13-19-11-14(2)9-18-10-15(3)12-19/h5-8,14-15,18H,4,9-13H2,1-3H3. The molecular formula is C17H28N2. The molecule has 2 rings (SSSR count). The first-order chi connectivity index (χ1) is 9.17. The van der Waals surface area contributed by atoms with Gasteiger partial charge in [0, 0.05) is 19.6 Å². The van der Waals surface area contributed by atoms with E-state index in [-0.39, 0.29) is 0 Å². The van der Waals surface area contributed by atoms with Crippen LogP contribution in [0.4, 0.5) is 0 Å². The molecule has 0 aromatic heterocycles. The Hall–Kier alpha value is -0.860. The molecule has 2 heteroatoms. The molecule has 0 amide bonds. The second-order valence-corrected chi connectivity index (χ2v) is 6.23. The van der Waals surface area contributed by atoms with Gasteiger partial charge in [-0.2, -0.15) is 0 Å². The summed E-state index contributed by atoms with van der Waals surface area (Å²) >= 11 is 0. The van der Waals surface area contributed by atoms with Gasteiger partial charge < -0.3 is 5.32 Å². The Kier molecular flexibility index (Phi) is 5.41. The first-order valence-electron chi connectivity index (χ1n) is 7.68. The molecule has 0 saturated carbocycles. The van der Waals surface area contributed by atoms with Crippen LogP contribution in [0.5, 0.6) is 0 Å². The normalized spacial score (nSPS) is 25.8. The van der Waals surface area contributed by atoms with E-state index in [1.807, 2.05) is 0 Å². The highest BCUT2D eigenvalue weighted by Gasteiger charge is 2.17. The summed E-state index contributed by atoms with van der Waals surface area (Å²) in [7, 11) is 0. The van der Waals surface area contributed by atoms with Crippen LogP contribution in [0.25, 0.3) is 0 Å². The maximum atomic E-state index is 3.56. The average Bonchev–Trinajstić information content (AvgIpc) is 2.37. The van der Waals surface area contributed by atoms with Gasteiger partial charge >= 0.3 is 0 Å². The minimum atomic E-state index is 0.738. The van der Waals surface area contributed by atoms with Crippen LogP contribution in [0.15, 0.2) is 24.3 Å². The second-order valence-electron chi connectivity index (χ2n) is 6.23. The average molecular weight is 260 g/mol. The molecule has 0 bridgehead atoms. The quantitative estimate of drug-likeness (QED) is 0.899. The number of hydrogen-bond donors (Lipinski definition) is 1. The van der Waals surface area contributed by atoms with Crippen LogP contribution in [-0.4, -0.2) is 31.1 Å². The molecule has 19 heavy (non-hydrogen) atoms. The zero-order valence-corrected chi connectivity index (χ0v) is 12.7. The zero-order chi connectivity index (χ0) is 13.7. The van der Waals surface area contributed by atoms with Crippen molar-refractivity contribution in [1.82, 2.24) is 10.2 Å². The maximum Gasteiger partial charge on any atom is 0.0233 e. The van der Waals surface area contributed by atoms with Gasteiger partial charge in [-0.25, -0.2) is 0 Å². The molecule has 1 aromatic carbocycles. The van der Waals surface area contributed by atoms with Gasteiger partial charge in [0.1, 0.15) is 0 Å². The molecule has 1 aliphatic rings. The number of aryl methyl sites for hydroxylation is 1. The largest absolute Gasteiger partial charge is 0.316 e. The number of hydrogen-bond acceptors (Lipinski definition) is 2. The highest BCUT2D eigenvalue weighted by molar-refractivity contribution is 5.22. The zero-order valence-electron chi connectivity index (χ0n) is 12.7. The molecular weight excluding hydrogens is 232 g/mol. The van der Waals surface area contributed by atoms with E-state index in [0.29, 0.717) is 0 Å². The van der Waals surface area contributed by atoms with Crippen molar-refractivity contribution >= 4 is 0 Å². The van der Waals surface area contributed by atoms with Crippen LogP contribution in [0.3, 0.4) is 0 Å². The first-order valence-corrected chi connectivity index (χ1v) is 7.68. The summed E-state index contributed by atoms with van der Waals surface area (Å²) in [6.07, 6.45) is 1.13. The minimum absolute atomic E-state index is 0.738. The molecule has 1 aromatic rings. The third kappa shape index (κ3) is 4.63. The maximum absolute atomic E-state index is 3.56. The topological polar surface area (TPSA) is 15.3 Å². The van der Waals surface area contributed by atoms with Crippen LogP contribution >= 0.6 is 0 Å². The molecule has 1 heterocycles. The minimum Gasteiger partial charge on any atom is -0.316 e. The summed E-state index contributed by atoms with van der Waals surface area (Å²) in [6, 6.07) is 9.14.